The van der Waals surface area contributed by atoms with Crippen LogP contribution in [0.4, 0.5) is 4.79 Å². The summed E-state index contributed by atoms with van der Waals surface area (Å²) in [6, 6.07) is 21.0. The van der Waals surface area contributed by atoms with Crippen molar-refractivity contribution in [2.45, 2.75) is 12.1 Å². The van der Waals surface area contributed by atoms with Gasteiger partial charge in [-0.2, -0.15) is 0 Å². The fraction of sp³-hybridized carbons (Fsp3) is 0.381. The van der Waals surface area contributed by atoms with Crippen LogP contribution < -0.4 is 10.6 Å². The Kier molecular flexibility index (Phi) is 5.18. The number of nitrogens with zero attached hydrogens (tertiary/aromatic N) is 2. The summed E-state index contributed by atoms with van der Waals surface area (Å²) >= 11 is 0. The molecule has 136 valence electrons. The molecule has 2 aliphatic heterocycles. The van der Waals surface area contributed by atoms with E-state index >= 15 is 0 Å². The van der Waals surface area contributed by atoms with Crippen molar-refractivity contribution in [1.82, 2.24) is 20.4 Å². The maximum absolute atomic E-state index is 13.5. The van der Waals surface area contributed by atoms with E-state index in [1.807, 2.05) is 46.2 Å². The SMILES string of the molecule is O=C(N1CCNCC1c1ccccc1)N1CCNCC1c1ccccc1. The Bertz CT molecular complexity index is 660. The molecule has 5 heteroatoms. The van der Waals surface area contributed by atoms with Gasteiger partial charge in [0.05, 0.1) is 12.1 Å². The Morgan fingerprint density at radius 3 is 1.58 bits per heavy atom. The largest absolute Gasteiger partial charge is 0.321 e. The van der Waals surface area contributed by atoms with E-state index in [-0.39, 0.29) is 18.1 Å². The summed E-state index contributed by atoms with van der Waals surface area (Å²) in [6.45, 7) is 4.78. The Labute approximate surface area is 155 Å². The molecule has 5 nitrogen and oxygen atoms in total. The van der Waals surface area contributed by atoms with Gasteiger partial charge >= 0.3 is 6.03 Å². The first-order chi connectivity index (χ1) is 12.8. The van der Waals surface area contributed by atoms with Gasteiger partial charge < -0.3 is 20.4 Å². The van der Waals surface area contributed by atoms with E-state index in [1.165, 1.54) is 11.1 Å². The summed E-state index contributed by atoms with van der Waals surface area (Å²) in [5, 5.41) is 6.88. The van der Waals surface area contributed by atoms with Crippen LogP contribution >= 0.6 is 0 Å². The van der Waals surface area contributed by atoms with Crippen molar-refractivity contribution >= 4 is 6.03 Å². The molecular formula is C21H26N4O. The van der Waals surface area contributed by atoms with E-state index in [0.29, 0.717) is 0 Å². The van der Waals surface area contributed by atoms with Crippen LogP contribution in [-0.2, 0) is 0 Å². The van der Waals surface area contributed by atoms with Crippen LogP contribution in [0, 0.1) is 0 Å². The molecule has 2 aromatic rings. The lowest BCUT2D eigenvalue weighted by Crippen LogP contribution is -2.57. The van der Waals surface area contributed by atoms with Gasteiger partial charge in [-0.05, 0) is 11.1 Å². The standard InChI is InChI=1S/C21H26N4O/c26-21(24-13-11-22-15-19(24)17-7-3-1-4-8-17)25-14-12-23-16-20(25)18-9-5-2-6-10-18/h1-10,19-20,22-23H,11-16H2. The molecule has 2 atom stereocenters. The van der Waals surface area contributed by atoms with Crippen molar-refractivity contribution in [2.24, 2.45) is 0 Å². The van der Waals surface area contributed by atoms with E-state index in [1.54, 1.807) is 0 Å². The van der Waals surface area contributed by atoms with Crippen molar-refractivity contribution in [3.63, 3.8) is 0 Å². The molecule has 2 fully saturated rings. The average molecular weight is 350 g/mol. The van der Waals surface area contributed by atoms with Gasteiger partial charge in [-0.25, -0.2) is 4.79 Å². The number of hydrogen-bond donors (Lipinski definition) is 2. The molecular weight excluding hydrogens is 324 g/mol. The lowest BCUT2D eigenvalue weighted by Gasteiger charge is -2.44. The predicted octanol–water partition coefficient (Wildman–Crippen LogP) is 2.40. The molecule has 4 rings (SSSR count). The number of rotatable bonds is 2. The summed E-state index contributed by atoms with van der Waals surface area (Å²) in [5.74, 6) is 0. The number of carbonyl (C=O) groups is 1. The van der Waals surface area contributed by atoms with Gasteiger partial charge in [0.1, 0.15) is 0 Å². The monoisotopic (exact) mass is 350 g/mol. The average Bonchev–Trinajstić information content (AvgIpc) is 2.74. The second-order valence-corrected chi connectivity index (χ2v) is 6.93. The van der Waals surface area contributed by atoms with Crippen molar-refractivity contribution in [1.29, 1.82) is 0 Å². The van der Waals surface area contributed by atoms with Gasteiger partial charge in [-0.3, -0.25) is 0 Å². The van der Waals surface area contributed by atoms with E-state index in [0.717, 1.165) is 39.3 Å². The summed E-state index contributed by atoms with van der Waals surface area (Å²) in [5.41, 5.74) is 2.39. The first-order valence-corrected chi connectivity index (χ1v) is 9.43. The first-order valence-electron chi connectivity index (χ1n) is 9.43. The number of carbonyl (C=O) groups excluding carboxylic acids is 1. The minimum Gasteiger partial charge on any atom is -0.315 e. The molecule has 2 aliphatic rings. The summed E-state index contributed by atoms with van der Waals surface area (Å²) in [7, 11) is 0. The van der Waals surface area contributed by atoms with Crippen LogP contribution in [0.25, 0.3) is 0 Å². The van der Waals surface area contributed by atoms with Crippen LogP contribution in [0.2, 0.25) is 0 Å². The Hall–Kier alpha value is -2.37. The van der Waals surface area contributed by atoms with Crippen molar-refractivity contribution < 1.29 is 4.79 Å². The fourth-order valence-electron chi connectivity index (χ4n) is 3.98. The predicted molar refractivity (Wildman–Crippen MR) is 103 cm³/mol. The highest BCUT2D eigenvalue weighted by atomic mass is 16.2. The van der Waals surface area contributed by atoms with Gasteiger partial charge in [-0.1, -0.05) is 60.7 Å². The van der Waals surface area contributed by atoms with Crippen LogP contribution in [0.15, 0.2) is 60.7 Å². The topological polar surface area (TPSA) is 47.6 Å². The second-order valence-electron chi connectivity index (χ2n) is 6.93. The molecule has 0 radical (unpaired) electrons. The van der Waals surface area contributed by atoms with E-state index in [2.05, 4.69) is 34.9 Å². The molecule has 2 saturated heterocycles. The maximum atomic E-state index is 13.5. The zero-order valence-corrected chi connectivity index (χ0v) is 15.0. The molecule has 2 unspecified atom stereocenters. The molecule has 0 bridgehead atoms. The van der Waals surface area contributed by atoms with Gasteiger partial charge in [0.2, 0.25) is 0 Å². The second kappa shape index (κ2) is 7.89. The number of urea groups is 1. The molecule has 2 heterocycles. The summed E-state index contributed by atoms with van der Waals surface area (Å²) in [6.07, 6.45) is 0. The minimum absolute atomic E-state index is 0.0868. The normalized spacial score (nSPS) is 23.7. The molecule has 2 N–H and O–H groups in total. The van der Waals surface area contributed by atoms with E-state index < -0.39 is 0 Å². The molecule has 0 spiro atoms. The van der Waals surface area contributed by atoms with Gasteiger partial charge in [-0.15, -0.1) is 0 Å². The first kappa shape index (κ1) is 17.1. The lowest BCUT2D eigenvalue weighted by molar-refractivity contribution is 0.0959. The lowest BCUT2D eigenvalue weighted by atomic mass is 10.0. The van der Waals surface area contributed by atoms with Crippen LogP contribution in [-0.4, -0.2) is 55.1 Å². The summed E-state index contributed by atoms with van der Waals surface area (Å²) < 4.78 is 0. The van der Waals surface area contributed by atoms with E-state index in [9.17, 15) is 4.79 Å². The van der Waals surface area contributed by atoms with Gasteiger partial charge in [0.15, 0.2) is 0 Å². The third-order valence-corrected chi connectivity index (χ3v) is 5.35. The number of benzene rings is 2. The Morgan fingerprint density at radius 2 is 1.15 bits per heavy atom. The minimum atomic E-state index is 0.0868. The zero-order chi connectivity index (χ0) is 17.8. The smallest absolute Gasteiger partial charge is 0.315 e. The molecule has 0 saturated carbocycles. The Morgan fingerprint density at radius 1 is 0.731 bits per heavy atom. The molecule has 26 heavy (non-hydrogen) atoms. The zero-order valence-electron chi connectivity index (χ0n) is 15.0. The highest BCUT2D eigenvalue weighted by Gasteiger charge is 2.35. The van der Waals surface area contributed by atoms with Gasteiger partial charge in [0.25, 0.3) is 0 Å². The highest BCUT2D eigenvalue weighted by Crippen LogP contribution is 2.28. The van der Waals surface area contributed by atoms with Crippen molar-refractivity contribution in [3.8, 4) is 0 Å². The van der Waals surface area contributed by atoms with Crippen molar-refractivity contribution in [2.75, 3.05) is 39.3 Å². The molecule has 2 aromatic carbocycles. The highest BCUT2D eigenvalue weighted by molar-refractivity contribution is 5.76. The molecule has 2 amide bonds. The van der Waals surface area contributed by atoms with Crippen LogP contribution in [0.1, 0.15) is 23.2 Å². The number of amides is 2. The maximum Gasteiger partial charge on any atom is 0.321 e. The molecule has 0 aromatic heterocycles. The molecule has 0 aliphatic carbocycles. The third kappa shape index (κ3) is 3.45. The third-order valence-electron chi connectivity index (χ3n) is 5.35. The van der Waals surface area contributed by atoms with Crippen LogP contribution in [0.5, 0.6) is 0 Å². The van der Waals surface area contributed by atoms with Crippen LogP contribution in [0.3, 0.4) is 0 Å². The number of nitrogens with one attached hydrogen (secondary N) is 2. The number of hydrogen-bond acceptors (Lipinski definition) is 3. The Balaban J connectivity index is 1.59. The number of piperazine rings is 2. The van der Waals surface area contributed by atoms with Gasteiger partial charge in [0, 0.05) is 39.3 Å². The quantitative estimate of drug-likeness (QED) is 0.874. The van der Waals surface area contributed by atoms with Crippen molar-refractivity contribution in [3.05, 3.63) is 71.8 Å². The summed E-state index contributed by atoms with van der Waals surface area (Å²) in [4.78, 5) is 17.6. The van der Waals surface area contributed by atoms with E-state index in [4.69, 9.17) is 0 Å². The fourth-order valence-corrected chi connectivity index (χ4v) is 3.98.